The van der Waals surface area contributed by atoms with Crippen LogP contribution in [-0.4, -0.2) is 97.6 Å². The smallest absolute Gasteiger partial charge is 0.456 e. The van der Waals surface area contributed by atoms with Crippen LogP contribution in [0, 0.1) is 32.1 Å². The van der Waals surface area contributed by atoms with Crippen LogP contribution in [-0.2, 0) is 46.2 Å². The fraction of sp³-hybridized carbons (Fsp3) is 0.318. The number of nitro benzene ring substituents is 2. The molecule has 3 amide bonds. The Hall–Kier alpha value is -6.96. The highest BCUT2D eigenvalue weighted by Gasteiger charge is 2.62. The summed E-state index contributed by atoms with van der Waals surface area (Å²) in [6, 6.07) is 26.3. The van der Waals surface area contributed by atoms with E-state index >= 15 is 0 Å². The van der Waals surface area contributed by atoms with E-state index in [2.05, 4.69) is 12.6 Å². The number of hydrogen-bond donors (Lipinski definition) is 2. The van der Waals surface area contributed by atoms with Gasteiger partial charge < -0.3 is 33.1 Å². The number of rotatable bonds is 15. The minimum absolute atomic E-state index is 0.0204. The van der Waals surface area contributed by atoms with Crippen LogP contribution in [0.1, 0.15) is 31.4 Å². The summed E-state index contributed by atoms with van der Waals surface area (Å²) in [7, 11) is -1.27. The maximum atomic E-state index is 14.2. The van der Waals surface area contributed by atoms with Gasteiger partial charge >= 0.3 is 19.9 Å². The van der Waals surface area contributed by atoms with Crippen LogP contribution in [0.5, 0.6) is 11.5 Å². The minimum Gasteiger partial charge on any atom is -0.456 e. The zero-order valence-electron chi connectivity index (χ0n) is 36.0. The van der Waals surface area contributed by atoms with Crippen molar-refractivity contribution in [3.63, 3.8) is 0 Å². The highest BCUT2D eigenvalue weighted by Crippen LogP contribution is 2.57. The van der Waals surface area contributed by atoms with Crippen molar-refractivity contribution in [2.24, 2.45) is 11.8 Å². The lowest BCUT2D eigenvalue weighted by Crippen LogP contribution is -2.63. The largest absolute Gasteiger partial charge is 0.646 e. The topological polar surface area (TPSA) is 248 Å². The molecule has 0 spiro atoms. The van der Waals surface area contributed by atoms with Crippen LogP contribution in [0.2, 0.25) is 0 Å². The number of fused-ring (bicyclic) bond motifs is 1. The average Bonchev–Trinajstić information content (AvgIpc) is 3.79. The van der Waals surface area contributed by atoms with Crippen molar-refractivity contribution in [2.75, 3.05) is 20.6 Å². The summed E-state index contributed by atoms with van der Waals surface area (Å²) >= 11 is 4.35. The number of amides is 3. The van der Waals surface area contributed by atoms with E-state index in [1.165, 1.54) is 70.2 Å². The summed E-state index contributed by atoms with van der Waals surface area (Å²) < 4.78 is 42.2. The number of aliphatic hydroxyl groups is 1. The van der Waals surface area contributed by atoms with E-state index in [1.807, 2.05) is 0 Å². The predicted octanol–water partition coefficient (Wildman–Crippen LogP) is 6.68. The molecule has 3 aliphatic rings. The van der Waals surface area contributed by atoms with Crippen molar-refractivity contribution >= 4 is 55.7 Å². The van der Waals surface area contributed by atoms with Gasteiger partial charge in [0.1, 0.15) is 36.5 Å². The summed E-state index contributed by atoms with van der Waals surface area (Å²) in [4.78, 5) is 75.5. The molecule has 6 atom stereocenters. The number of phosphoric ester groups is 1. The molecule has 0 saturated carbocycles. The molecule has 0 aromatic heterocycles. The number of aliphatic hydroxyl groups excluding tert-OH is 1. The SMILES string of the molecule is CN(C)C(=O)[C@@H]1C[C@H](S)CN1C(=O)OCc1ccc([N+](=O)[O-])cc1.C[C@@H](O)[C@H]1C(=O)N2C(C(=O)OCc3ccc([N+](=O)[O-])cc3)=C(OP(=O)(Oc3ccccc3)Oc3ccccc3)[C@H](C)[C@H]12. The number of carbonyl (C=O) groups is 4. The first-order chi connectivity index (χ1) is 31.4. The van der Waals surface area contributed by atoms with E-state index in [1.54, 1.807) is 81.7 Å². The van der Waals surface area contributed by atoms with Gasteiger partial charge in [-0.3, -0.25) is 39.6 Å². The lowest BCUT2D eigenvalue weighted by Gasteiger charge is -2.46. The molecule has 0 unspecified atom stereocenters. The average molecular weight is 948 g/mol. The molecule has 0 bridgehead atoms. The van der Waals surface area contributed by atoms with E-state index in [-0.39, 0.29) is 58.7 Å². The molecule has 2 saturated heterocycles. The molecule has 3 aliphatic heterocycles. The molecule has 348 valence electrons. The molecule has 0 radical (unpaired) electrons. The molecular weight excluding hydrogens is 902 g/mol. The third-order valence-electron chi connectivity index (χ3n) is 10.7. The second-order valence-electron chi connectivity index (χ2n) is 15.6. The summed E-state index contributed by atoms with van der Waals surface area (Å²) in [6.07, 6.45) is -1.14. The van der Waals surface area contributed by atoms with Crippen molar-refractivity contribution in [1.82, 2.24) is 14.7 Å². The van der Waals surface area contributed by atoms with E-state index < -0.39 is 65.7 Å². The molecule has 3 heterocycles. The minimum atomic E-state index is -4.54. The number of non-ortho nitro benzene ring substituents is 2. The van der Waals surface area contributed by atoms with Crippen LogP contribution in [0.15, 0.2) is 121 Å². The fourth-order valence-electron chi connectivity index (χ4n) is 7.45. The number of nitrogens with zero attached hydrogens (tertiary/aromatic N) is 5. The van der Waals surface area contributed by atoms with Gasteiger partial charge in [-0.25, -0.2) is 9.59 Å². The summed E-state index contributed by atoms with van der Waals surface area (Å²) in [5, 5.41) is 31.8. The van der Waals surface area contributed by atoms with Gasteiger partial charge in [-0.15, -0.1) is 0 Å². The number of esters is 1. The van der Waals surface area contributed by atoms with E-state index in [4.69, 9.17) is 23.0 Å². The number of carbonyl (C=O) groups excluding carboxylic acids is 4. The number of β-lactam (4-membered cyclic amide) rings is 1. The Morgan fingerprint density at radius 3 is 1.76 bits per heavy atom. The van der Waals surface area contributed by atoms with Gasteiger partial charge in [0, 0.05) is 56.1 Å². The Morgan fingerprint density at radius 1 is 0.818 bits per heavy atom. The Labute approximate surface area is 383 Å². The number of likely N-dealkylation sites (N-methyl/N-ethyl adjacent to an activating group) is 1. The summed E-state index contributed by atoms with van der Waals surface area (Å²) in [5.41, 5.74) is 0.649. The van der Waals surface area contributed by atoms with E-state index in [9.17, 15) is 49.1 Å². The van der Waals surface area contributed by atoms with E-state index in [0.717, 1.165) is 0 Å². The maximum absolute atomic E-state index is 14.2. The Kier molecular flexibility index (Phi) is 15.4. The van der Waals surface area contributed by atoms with Crippen LogP contribution >= 0.6 is 20.5 Å². The van der Waals surface area contributed by atoms with Gasteiger partial charge in [0.05, 0.1) is 27.9 Å². The quantitative estimate of drug-likeness (QED) is 0.0315. The summed E-state index contributed by atoms with van der Waals surface area (Å²) in [5.74, 6) is -2.98. The highest BCUT2D eigenvalue weighted by molar-refractivity contribution is 7.81. The second-order valence-corrected chi connectivity index (χ2v) is 17.8. The van der Waals surface area contributed by atoms with Gasteiger partial charge in [0.2, 0.25) is 11.8 Å². The van der Waals surface area contributed by atoms with Gasteiger partial charge in [-0.2, -0.15) is 17.2 Å². The zero-order chi connectivity index (χ0) is 47.9. The monoisotopic (exact) mass is 947 g/mol. The highest BCUT2D eigenvalue weighted by atomic mass is 32.1. The second kappa shape index (κ2) is 20.9. The summed E-state index contributed by atoms with van der Waals surface area (Å²) in [6.45, 7) is 3.19. The number of para-hydroxylation sites is 2. The molecule has 0 aliphatic carbocycles. The molecular formula is C44H46N5O15PS. The maximum Gasteiger partial charge on any atom is 0.646 e. The zero-order valence-corrected chi connectivity index (χ0v) is 37.8. The lowest BCUT2D eigenvalue weighted by atomic mass is 9.79. The molecule has 20 nitrogen and oxygen atoms in total. The number of ether oxygens (including phenoxy) is 2. The van der Waals surface area contributed by atoms with Gasteiger partial charge in [-0.05, 0) is 73.0 Å². The molecule has 2 fully saturated rings. The van der Waals surface area contributed by atoms with Crippen molar-refractivity contribution in [3.05, 3.63) is 152 Å². The Balaban J connectivity index is 0.000000255. The first-order valence-electron chi connectivity index (χ1n) is 20.4. The molecule has 66 heavy (non-hydrogen) atoms. The predicted molar refractivity (Wildman–Crippen MR) is 238 cm³/mol. The molecule has 4 aromatic rings. The number of likely N-dealkylation sites (tertiary alicyclic amines) is 1. The van der Waals surface area contributed by atoms with Crippen molar-refractivity contribution in [3.8, 4) is 11.5 Å². The van der Waals surface area contributed by atoms with Crippen molar-refractivity contribution in [1.29, 1.82) is 0 Å². The molecule has 1 N–H and O–H groups in total. The van der Waals surface area contributed by atoms with E-state index in [0.29, 0.717) is 24.1 Å². The first-order valence-corrected chi connectivity index (χ1v) is 22.4. The van der Waals surface area contributed by atoms with Gasteiger partial charge in [0.25, 0.3) is 11.4 Å². The standard InChI is InChI=1S/C29H27N2O10P.C15H19N3O5S/c1-18-25-24(19(2)32)28(33)30(25)26(29(34)38-17-20-13-15-21(16-14-20)31(35)36)27(18)41-42(37,39-22-9-5-3-6-10-22)40-23-11-7-4-8-12-23;1-16(2)14(19)13-7-12(24)8-17(13)15(20)23-9-10-3-5-11(6-4-10)18(21)22/h3-16,18-19,24-25,32H,17H2,1-2H3;3-6,12-13,24H,7-9H2,1-2H3/t18-,19-,24-,25-;12-,13-/m10/s1. The fourth-order valence-corrected chi connectivity index (χ4v) is 9.19. The van der Waals surface area contributed by atoms with Crippen LogP contribution < -0.4 is 9.05 Å². The molecule has 22 heteroatoms. The number of nitro groups is 2. The third-order valence-corrected chi connectivity index (χ3v) is 12.4. The Bertz CT molecular complexity index is 2470. The van der Waals surface area contributed by atoms with Crippen LogP contribution in [0.4, 0.5) is 16.2 Å². The number of benzene rings is 4. The molecule has 4 aromatic carbocycles. The first kappa shape index (κ1) is 48.5. The van der Waals surface area contributed by atoms with Gasteiger partial charge in [-0.1, -0.05) is 43.3 Å². The van der Waals surface area contributed by atoms with Crippen LogP contribution in [0.3, 0.4) is 0 Å². The number of hydrogen-bond acceptors (Lipinski definition) is 16. The normalized spacial score (nSPS) is 20.2. The van der Waals surface area contributed by atoms with Gasteiger partial charge in [0.15, 0.2) is 5.70 Å². The van der Waals surface area contributed by atoms with Crippen LogP contribution in [0.25, 0.3) is 0 Å². The Morgan fingerprint density at radius 2 is 1.30 bits per heavy atom. The van der Waals surface area contributed by atoms with Crippen molar-refractivity contribution in [2.45, 2.75) is 56.9 Å². The number of phosphoric acid groups is 1. The molecule has 7 rings (SSSR count). The number of thiol groups is 1. The third kappa shape index (κ3) is 11.3. The van der Waals surface area contributed by atoms with Crippen molar-refractivity contribution < 1.29 is 61.7 Å². The lowest BCUT2D eigenvalue weighted by molar-refractivity contribution is -0.385.